The summed E-state index contributed by atoms with van der Waals surface area (Å²) in [4.78, 5) is 33.3. The molecule has 38 heavy (non-hydrogen) atoms. The second kappa shape index (κ2) is 17.7. The molecule has 226 valence electrons. The summed E-state index contributed by atoms with van der Waals surface area (Å²) >= 11 is 0. The molecule has 1 fully saturated rings. The average Bonchev–Trinajstić information content (AvgIpc) is 2.98. The van der Waals surface area contributed by atoms with Gasteiger partial charge in [0, 0.05) is 5.92 Å². The molecule has 1 aliphatic heterocycles. The van der Waals surface area contributed by atoms with Crippen molar-refractivity contribution in [2.75, 3.05) is 0 Å². The van der Waals surface area contributed by atoms with E-state index in [9.17, 15) is 14.4 Å². The molecular formula is C32H62O6. The van der Waals surface area contributed by atoms with Gasteiger partial charge in [-0.3, -0.25) is 14.4 Å². The highest BCUT2D eigenvalue weighted by molar-refractivity contribution is 5.80. The molecule has 0 spiro atoms. The maximum absolute atomic E-state index is 11.5. The van der Waals surface area contributed by atoms with Crippen molar-refractivity contribution in [2.24, 2.45) is 64.6 Å². The van der Waals surface area contributed by atoms with E-state index in [2.05, 4.69) is 75.8 Å². The quantitative estimate of drug-likeness (QED) is 0.268. The number of hydrogen-bond acceptors (Lipinski definition) is 4. The Labute approximate surface area is 235 Å². The van der Waals surface area contributed by atoms with Crippen LogP contribution >= 0.6 is 0 Å². The number of rotatable bonds is 10. The van der Waals surface area contributed by atoms with E-state index in [4.69, 9.17) is 14.9 Å². The molecule has 0 aromatic heterocycles. The molecule has 1 heterocycles. The summed E-state index contributed by atoms with van der Waals surface area (Å²) in [7, 11) is 0. The Bertz CT molecular complexity index is 682. The number of hydrogen-bond donors (Lipinski definition) is 2. The molecule has 4 unspecified atom stereocenters. The monoisotopic (exact) mass is 542 g/mol. The number of esters is 1. The minimum Gasteiger partial charge on any atom is -0.481 e. The van der Waals surface area contributed by atoms with Crippen LogP contribution in [0.3, 0.4) is 0 Å². The van der Waals surface area contributed by atoms with Gasteiger partial charge < -0.3 is 14.9 Å². The van der Waals surface area contributed by atoms with Gasteiger partial charge in [0.25, 0.3) is 0 Å². The van der Waals surface area contributed by atoms with Crippen LogP contribution in [0.4, 0.5) is 0 Å². The van der Waals surface area contributed by atoms with E-state index in [1.54, 1.807) is 27.7 Å². The van der Waals surface area contributed by atoms with Crippen molar-refractivity contribution >= 4 is 17.9 Å². The Hall–Kier alpha value is -1.85. The predicted molar refractivity (Wildman–Crippen MR) is 159 cm³/mol. The zero-order valence-corrected chi connectivity index (χ0v) is 26.2. The second-order valence-corrected chi connectivity index (χ2v) is 13.4. The topological polar surface area (TPSA) is 101 Å². The molecule has 1 aliphatic rings. The highest BCUT2D eigenvalue weighted by Crippen LogP contribution is 2.40. The Morgan fingerprint density at radius 1 is 0.789 bits per heavy atom. The fourth-order valence-corrected chi connectivity index (χ4v) is 5.08. The Morgan fingerprint density at radius 3 is 1.29 bits per heavy atom. The summed E-state index contributed by atoms with van der Waals surface area (Å²) in [6.45, 7) is 33.0. The fraction of sp³-hybridized carbons (Fsp3) is 0.844. The molecule has 1 saturated heterocycles. The van der Waals surface area contributed by atoms with E-state index in [0.717, 1.165) is 11.8 Å². The van der Waals surface area contributed by atoms with Crippen LogP contribution in [0.25, 0.3) is 0 Å². The lowest BCUT2D eigenvalue weighted by Crippen LogP contribution is -2.36. The van der Waals surface area contributed by atoms with Gasteiger partial charge in [0.2, 0.25) is 0 Å². The molecule has 6 heteroatoms. The van der Waals surface area contributed by atoms with E-state index in [-0.39, 0.29) is 37.1 Å². The first-order valence-corrected chi connectivity index (χ1v) is 14.0. The molecule has 0 bridgehead atoms. The Balaban J connectivity index is -0.000000484. The molecule has 0 saturated carbocycles. The summed E-state index contributed by atoms with van der Waals surface area (Å²) < 4.78 is 5.08. The number of allylic oxidation sites excluding steroid dienone is 1. The highest BCUT2D eigenvalue weighted by Gasteiger charge is 2.43. The van der Waals surface area contributed by atoms with Crippen molar-refractivity contribution in [3.63, 3.8) is 0 Å². The number of carboxylic acid groups (broad SMARTS) is 2. The smallest absolute Gasteiger partial charge is 0.315 e. The number of aliphatic carboxylic acids is 2. The van der Waals surface area contributed by atoms with Gasteiger partial charge in [-0.15, -0.1) is 0 Å². The first-order valence-electron chi connectivity index (χ1n) is 14.0. The number of carbonyl (C=O) groups is 3. The van der Waals surface area contributed by atoms with E-state index in [0.29, 0.717) is 23.0 Å². The predicted octanol–water partition coefficient (Wildman–Crippen LogP) is 8.65. The summed E-state index contributed by atoms with van der Waals surface area (Å²) in [5.74, 6) is -0.871. The van der Waals surface area contributed by atoms with Crippen LogP contribution < -0.4 is 0 Å². The summed E-state index contributed by atoms with van der Waals surface area (Å²) in [5.41, 5.74) is 0.522. The van der Waals surface area contributed by atoms with Gasteiger partial charge in [-0.1, -0.05) is 111 Å². The van der Waals surface area contributed by atoms with E-state index >= 15 is 0 Å². The number of carboxylic acids is 2. The van der Waals surface area contributed by atoms with Crippen LogP contribution in [0.2, 0.25) is 0 Å². The molecule has 0 aromatic carbocycles. The van der Waals surface area contributed by atoms with Crippen molar-refractivity contribution in [2.45, 2.75) is 111 Å². The lowest BCUT2D eigenvalue weighted by molar-refractivity contribution is -0.157. The minimum absolute atomic E-state index is 0. The number of cyclic esters (lactones) is 1. The zero-order valence-electron chi connectivity index (χ0n) is 26.2. The van der Waals surface area contributed by atoms with Crippen LogP contribution in [0.15, 0.2) is 12.3 Å². The van der Waals surface area contributed by atoms with E-state index in [1.807, 2.05) is 0 Å². The van der Waals surface area contributed by atoms with Gasteiger partial charge >= 0.3 is 17.9 Å². The van der Waals surface area contributed by atoms with Gasteiger partial charge in [0.1, 0.15) is 5.76 Å². The highest BCUT2D eigenvalue weighted by atomic mass is 16.5. The van der Waals surface area contributed by atoms with Crippen LogP contribution in [0.1, 0.15) is 111 Å². The SMILES string of the molecule is C.C=C1OC(=O)C(C(C)C)C1C(C)C.CC(C)C(C(=O)O)C(C(=O)O)C(C)C.CC(C)CC(C)(C)C(C)C. The average molecular weight is 543 g/mol. The third kappa shape index (κ3) is 13.3. The van der Waals surface area contributed by atoms with Crippen molar-refractivity contribution in [3.8, 4) is 0 Å². The second-order valence-electron chi connectivity index (χ2n) is 13.4. The first-order chi connectivity index (χ1) is 16.6. The van der Waals surface area contributed by atoms with E-state index in [1.165, 1.54) is 6.42 Å². The lowest BCUT2D eigenvalue weighted by atomic mass is 9.75. The molecule has 6 nitrogen and oxygen atoms in total. The maximum atomic E-state index is 11.5. The molecule has 0 amide bonds. The van der Waals surface area contributed by atoms with Gasteiger partial charge in [0.05, 0.1) is 17.8 Å². The first kappa shape index (κ1) is 40.6. The molecule has 1 rings (SSSR count). The normalized spacial score (nSPS) is 19.1. The molecule has 4 atom stereocenters. The van der Waals surface area contributed by atoms with Gasteiger partial charge in [-0.05, 0) is 47.3 Å². The van der Waals surface area contributed by atoms with Crippen LogP contribution in [-0.2, 0) is 19.1 Å². The largest absolute Gasteiger partial charge is 0.481 e. The molecule has 0 radical (unpaired) electrons. The maximum Gasteiger partial charge on any atom is 0.315 e. The zero-order chi connectivity index (χ0) is 30.0. The number of carbonyl (C=O) groups excluding carboxylic acids is 1. The van der Waals surface area contributed by atoms with E-state index < -0.39 is 23.8 Å². The van der Waals surface area contributed by atoms with Crippen molar-refractivity contribution < 1.29 is 29.3 Å². The van der Waals surface area contributed by atoms with Crippen LogP contribution in [0.5, 0.6) is 0 Å². The summed E-state index contributed by atoms with van der Waals surface area (Å²) in [6, 6.07) is 0. The van der Waals surface area contributed by atoms with Gasteiger partial charge in [-0.2, -0.15) is 0 Å². The van der Waals surface area contributed by atoms with Crippen molar-refractivity contribution in [3.05, 3.63) is 12.3 Å². The molecule has 0 aromatic rings. The van der Waals surface area contributed by atoms with Crippen molar-refractivity contribution in [1.29, 1.82) is 0 Å². The molecule has 0 aliphatic carbocycles. The van der Waals surface area contributed by atoms with Gasteiger partial charge in [0.15, 0.2) is 0 Å². The molecular weight excluding hydrogens is 480 g/mol. The Morgan fingerprint density at radius 2 is 1.13 bits per heavy atom. The minimum atomic E-state index is -1.03. The summed E-state index contributed by atoms with van der Waals surface area (Å²) in [6.07, 6.45) is 1.34. The lowest BCUT2D eigenvalue weighted by Gasteiger charge is -2.30. The standard InChI is InChI=1S/C11H18O2.C10H18O4.C10H22.CH4/c1-6(2)9-8(5)13-11(12)10(9)7(3)4;1-5(2)7(9(11)12)8(6(3)4)10(13)14;1-8(2)7-10(5,6)9(3)4;/h6-7,9-10H,5H2,1-4H3;5-8H,1-4H3,(H,11,12)(H,13,14);8-9H,7H2,1-6H3;1H4. The van der Waals surface area contributed by atoms with Crippen LogP contribution in [0, 0.1) is 64.6 Å². The third-order valence-electron chi connectivity index (χ3n) is 7.59. The van der Waals surface area contributed by atoms with Crippen molar-refractivity contribution in [1.82, 2.24) is 0 Å². The molecule has 2 N–H and O–H groups in total. The van der Waals surface area contributed by atoms with Crippen LogP contribution in [-0.4, -0.2) is 28.1 Å². The fourth-order valence-electron chi connectivity index (χ4n) is 5.08. The van der Waals surface area contributed by atoms with Gasteiger partial charge in [-0.25, -0.2) is 0 Å². The number of ether oxygens (including phenoxy) is 1. The Kier molecular flexibility index (Phi) is 18.9. The summed E-state index contributed by atoms with van der Waals surface area (Å²) in [5, 5.41) is 17.9. The third-order valence-corrected chi connectivity index (χ3v) is 7.59.